The van der Waals surface area contributed by atoms with Crippen LogP contribution in [-0.2, 0) is 9.84 Å². The molecular formula is C12H16F3NO2S. The lowest BCUT2D eigenvalue weighted by molar-refractivity contribution is -0.129. The van der Waals surface area contributed by atoms with Crippen LogP contribution in [0.2, 0.25) is 0 Å². The van der Waals surface area contributed by atoms with Crippen LogP contribution < -0.4 is 0 Å². The van der Waals surface area contributed by atoms with Gasteiger partial charge in [-0.2, -0.15) is 18.4 Å². The van der Waals surface area contributed by atoms with Crippen LogP contribution in [0.1, 0.15) is 39.0 Å². The number of rotatable bonds is 7. The summed E-state index contributed by atoms with van der Waals surface area (Å²) in [6, 6.07) is 1.62. The maximum Gasteiger partial charge on any atom is 0.390 e. The molecule has 0 aromatic heterocycles. The number of halogens is 3. The van der Waals surface area contributed by atoms with E-state index in [-0.39, 0.29) is 6.42 Å². The number of hydrogen-bond acceptors (Lipinski definition) is 3. The number of nitriles is 1. The number of nitrogens with zero attached hydrogens (tertiary/aromatic N) is 1. The van der Waals surface area contributed by atoms with Crippen molar-refractivity contribution in [3.05, 3.63) is 0 Å². The zero-order valence-corrected chi connectivity index (χ0v) is 11.4. The molecule has 0 fully saturated rings. The maximum atomic E-state index is 12.1. The second-order valence-corrected chi connectivity index (χ2v) is 6.98. The van der Waals surface area contributed by atoms with E-state index in [0.717, 1.165) is 6.92 Å². The molecule has 0 spiro atoms. The molecule has 0 aliphatic heterocycles. The second kappa shape index (κ2) is 6.81. The van der Waals surface area contributed by atoms with Crippen molar-refractivity contribution in [2.45, 2.75) is 50.0 Å². The van der Waals surface area contributed by atoms with E-state index >= 15 is 0 Å². The predicted octanol–water partition coefficient (Wildman–Crippen LogP) is 2.83. The van der Waals surface area contributed by atoms with Crippen molar-refractivity contribution in [2.24, 2.45) is 0 Å². The molecule has 0 saturated heterocycles. The molecule has 0 amide bonds. The summed E-state index contributed by atoms with van der Waals surface area (Å²) in [7, 11) is -4.13. The largest absolute Gasteiger partial charge is 0.390 e. The first-order valence-corrected chi connectivity index (χ1v) is 7.37. The van der Waals surface area contributed by atoms with Crippen LogP contribution in [0.25, 0.3) is 0 Å². The van der Waals surface area contributed by atoms with Crippen molar-refractivity contribution < 1.29 is 21.6 Å². The molecule has 1 unspecified atom stereocenters. The van der Waals surface area contributed by atoms with Crippen molar-refractivity contribution in [3.8, 4) is 18.4 Å². The average Bonchev–Trinajstić information content (AvgIpc) is 2.31. The number of sulfone groups is 1. The summed E-state index contributed by atoms with van der Waals surface area (Å²) in [4.78, 5) is 0. The highest BCUT2D eigenvalue weighted by atomic mass is 32.2. The summed E-state index contributed by atoms with van der Waals surface area (Å²) in [5, 5.41) is 8.96. The molecule has 0 heterocycles. The Morgan fingerprint density at radius 3 is 2.21 bits per heavy atom. The third-order valence-electron chi connectivity index (χ3n) is 2.80. The molecular weight excluding hydrogens is 279 g/mol. The molecule has 3 nitrogen and oxygen atoms in total. The quantitative estimate of drug-likeness (QED) is 0.536. The van der Waals surface area contributed by atoms with Gasteiger partial charge in [0.05, 0.1) is 18.2 Å². The molecule has 1 atom stereocenters. The van der Waals surface area contributed by atoms with Crippen LogP contribution in [0.3, 0.4) is 0 Å². The SMILES string of the molecule is C#CCCCCC(C)(C#N)S(=O)(=O)CCC(F)(F)F. The van der Waals surface area contributed by atoms with E-state index in [2.05, 4.69) is 5.92 Å². The summed E-state index contributed by atoms with van der Waals surface area (Å²) in [6.45, 7) is 1.16. The predicted molar refractivity (Wildman–Crippen MR) is 65.8 cm³/mol. The Hall–Kier alpha value is -1.21. The van der Waals surface area contributed by atoms with Gasteiger partial charge in [0.2, 0.25) is 0 Å². The Balaban J connectivity index is 4.73. The van der Waals surface area contributed by atoms with E-state index in [1.54, 1.807) is 6.07 Å². The van der Waals surface area contributed by atoms with Crippen LogP contribution in [0.5, 0.6) is 0 Å². The van der Waals surface area contributed by atoms with Gasteiger partial charge in [-0.1, -0.05) is 0 Å². The standard InChI is InChI=1S/C12H16F3NO2S/c1-3-4-5-6-7-11(2,10-16)19(17,18)9-8-12(13,14)15/h1H,4-9H2,2H3. The van der Waals surface area contributed by atoms with Crippen LogP contribution in [0.15, 0.2) is 0 Å². The van der Waals surface area contributed by atoms with Gasteiger partial charge in [-0.15, -0.1) is 12.3 Å². The summed E-state index contributed by atoms with van der Waals surface area (Å²) >= 11 is 0. The van der Waals surface area contributed by atoms with Gasteiger partial charge >= 0.3 is 6.18 Å². The molecule has 0 rings (SSSR count). The third kappa shape index (κ3) is 5.98. The summed E-state index contributed by atoms with van der Waals surface area (Å²) in [5.41, 5.74) is 0. The van der Waals surface area contributed by atoms with E-state index in [0.29, 0.717) is 19.3 Å². The van der Waals surface area contributed by atoms with E-state index in [1.165, 1.54) is 0 Å². The van der Waals surface area contributed by atoms with E-state index in [4.69, 9.17) is 11.7 Å². The average molecular weight is 295 g/mol. The fourth-order valence-corrected chi connectivity index (χ4v) is 2.99. The minimum absolute atomic E-state index is 0.00856. The van der Waals surface area contributed by atoms with Crippen molar-refractivity contribution in [2.75, 3.05) is 5.75 Å². The van der Waals surface area contributed by atoms with Crippen LogP contribution in [0.4, 0.5) is 13.2 Å². The van der Waals surface area contributed by atoms with Gasteiger partial charge in [0.15, 0.2) is 14.6 Å². The molecule has 0 aromatic rings. The van der Waals surface area contributed by atoms with Gasteiger partial charge in [0.25, 0.3) is 0 Å². The minimum atomic E-state index is -4.55. The summed E-state index contributed by atoms with van der Waals surface area (Å²) in [6.07, 6.45) is 0.424. The molecule has 19 heavy (non-hydrogen) atoms. The molecule has 7 heteroatoms. The molecule has 0 radical (unpaired) electrons. The van der Waals surface area contributed by atoms with Crippen molar-refractivity contribution in [1.29, 1.82) is 5.26 Å². The Kier molecular flexibility index (Phi) is 6.38. The monoisotopic (exact) mass is 295 g/mol. The lowest BCUT2D eigenvalue weighted by atomic mass is 10.0. The Morgan fingerprint density at radius 1 is 1.21 bits per heavy atom. The molecule has 108 valence electrons. The number of hydrogen-bond donors (Lipinski definition) is 0. The number of unbranched alkanes of at least 4 members (excludes halogenated alkanes) is 2. The first-order chi connectivity index (χ1) is 8.58. The zero-order chi connectivity index (χ0) is 15.2. The van der Waals surface area contributed by atoms with Crippen molar-refractivity contribution >= 4 is 9.84 Å². The van der Waals surface area contributed by atoms with Gasteiger partial charge in [-0.25, -0.2) is 8.42 Å². The maximum absolute atomic E-state index is 12.1. The van der Waals surface area contributed by atoms with Gasteiger partial charge in [0, 0.05) is 6.42 Å². The lowest BCUT2D eigenvalue weighted by Gasteiger charge is -2.22. The summed E-state index contributed by atoms with van der Waals surface area (Å²) in [5.74, 6) is 1.31. The third-order valence-corrected chi connectivity index (χ3v) is 5.21. The topological polar surface area (TPSA) is 57.9 Å². The normalized spacial score (nSPS) is 15.3. The van der Waals surface area contributed by atoms with Gasteiger partial charge < -0.3 is 0 Å². The smallest absolute Gasteiger partial charge is 0.227 e. The Morgan fingerprint density at radius 2 is 1.79 bits per heavy atom. The lowest BCUT2D eigenvalue weighted by Crippen LogP contribution is -2.37. The number of alkyl halides is 3. The molecule has 0 aromatic carbocycles. The fraction of sp³-hybridized carbons (Fsp3) is 0.750. The molecule has 0 N–H and O–H groups in total. The highest BCUT2D eigenvalue weighted by molar-refractivity contribution is 7.93. The van der Waals surface area contributed by atoms with E-state index in [1.807, 2.05) is 0 Å². The highest BCUT2D eigenvalue weighted by Gasteiger charge is 2.41. The second-order valence-electron chi connectivity index (χ2n) is 4.44. The summed E-state index contributed by atoms with van der Waals surface area (Å²) < 4.78 is 58.1. The van der Waals surface area contributed by atoms with Gasteiger partial charge in [0.1, 0.15) is 0 Å². The molecule has 0 bridgehead atoms. The zero-order valence-electron chi connectivity index (χ0n) is 10.6. The highest BCUT2D eigenvalue weighted by Crippen LogP contribution is 2.28. The fourth-order valence-electron chi connectivity index (χ4n) is 1.45. The van der Waals surface area contributed by atoms with Crippen LogP contribution in [0, 0.1) is 23.7 Å². The van der Waals surface area contributed by atoms with E-state index in [9.17, 15) is 21.6 Å². The minimum Gasteiger partial charge on any atom is -0.227 e. The molecule has 0 saturated carbocycles. The molecule has 0 aliphatic rings. The first kappa shape index (κ1) is 17.8. The van der Waals surface area contributed by atoms with Gasteiger partial charge in [-0.3, -0.25) is 0 Å². The Bertz CT molecular complexity index is 471. The first-order valence-electron chi connectivity index (χ1n) is 5.72. The molecule has 0 aliphatic carbocycles. The number of terminal acetylenes is 1. The van der Waals surface area contributed by atoms with Gasteiger partial charge in [-0.05, 0) is 26.2 Å². The van der Waals surface area contributed by atoms with E-state index < -0.39 is 32.9 Å². The van der Waals surface area contributed by atoms with Crippen molar-refractivity contribution in [1.82, 2.24) is 0 Å². The van der Waals surface area contributed by atoms with Crippen molar-refractivity contribution in [3.63, 3.8) is 0 Å². The van der Waals surface area contributed by atoms with Crippen LogP contribution in [-0.4, -0.2) is 25.1 Å². The van der Waals surface area contributed by atoms with Crippen LogP contribution >= 0.6 is 0 Å². The Labute approximate surface area is 111 Å².